The third-order valence-corrected chi connectivity index (χ3v) is 2.69. The molecule has 7 nitrogen and oxygen atoms in total. The second-order valence-corrected chi connectivity index (χ2v) is 4.06. The van der Waals surface area contributed by atoms with Crippen LogP contribution in [0.2, 0.25) is 0 Å². The van der Waals surface area contributed by atoms with E-state index in [2.05, 4.69) is 5.43 Å². The molecule has 2 rings (SSSR count). The van der Waals surface area contributed by atoms with Crippen LogP contribution < -0.4 is 20.7 Å². The number of ether oxygens (including phenoxy) is 2. The van der Waals surface area contributed by atoms with E-state index in [4.69, 9.17) is 15.3 Å². The molecule has 0 aliphatic carbocycles. The first-order chi connectivity index (χ1) is 10.2. The van der Waals surface area contributed by atoms with Gasteiger partial charge in [-0.3, -0.25) is 16.0 Å². The number of nitrogen functional groups attached to an aromatic ring is 1. The molecule has 0 bridgehead atoms. The Hall–Kier alpha value is -2.80. The van der Waals surface area contributed by atoms with Gasteiger partial charge in [0, 0.05) is 0 Å². The van der Waals surface area contributed by atoms with Crippen LogP contribution in [0.25, 0.3) is 0 Å². The van der Waals surface area contributed by atoms with E-state index in [1.807, 2.05) is 30.3 Å². The van der Waals surface area contributed by atoms with E-state index < -0.39 is 4.92 Å². The standard InChI is InChI=1S/C14H15N3O4/c15-16-12-7-4-8-13(14(12)17(18)19)21-10-9-20-11-5-2-1-3-6-11/h1-8,16H,9-10,15H2. The lowest BCUT2D eigenvalue weighted by molar-refractivity contribution is -0.385. The predicted octanol–water partition coefficient (Wildman–Crippen LogP) is 2.34. The number of rotatable bonds is 7. The van der Waals surface area contributed by atoms with Crippen LogP contribution in [0.4, 0.5) is 11.4 Å². The Morgan fingerprint density at radius 2 is 1.76 bits per heavy atom. The molecule has 0 aromatic heterocycles. The molecular weight excluding hydrogens is 274 g/mol. The van der Waals surface area contributed by atoms with Gasteiger partial charge in [0.05, 0.1) is 4.92 Å². The fraction of sp³-hybridized carbons (Fsp3) is 0.143. The summed E-state index contributed by atoms with van der Waals surface area (Å²) in [6.45, 7) is 0.463. The molecule has 110 valence electrons. The van der Waals surface area contributed by atoms with Crippen molar-refractivity contribution in [3.8, 4) is 11.5 Å². The number of nitrogens with zero attached hydrogens (tertiary/aromatic N) is 1. The summed E-state index contributed by atoms with van der Waals surface area (Å²) in [7, 11) is 0. The lowest BCUT2D eigenvalue weighted by Gasteiger charge is -2.10. The molecule has 0 atom stereocenters. The zero-order valence-electron chi connectivity index (χ0n) is 11.2. The fourth-order valence-corrected chi connectivity index (χ4v) is 1.77. The van der Waals surface area contributed by atoms with E-state index in [1.54, 1.807) is 6.07 Å². The molecule has 0 aliphatic rings. The highest BCUT2D eigenvalue weighted by atomic mass is 16.6. The molecule has 3 N–H and O–H groups in total. The average Bonchev–Trinajstić information content (AvgIpc) is 2.52. The summed E-state index contributed by atoms with van der Waals surface area (Å²) < 4.78 is 10.8. The Bertz CT molecular complexity index is 604. The van der Waals surface area contributed by atoms with Crippen molar-refractivity contribution in [2.24, 2.45) is 5.84 Å². The summed E-state index contributed by atoms with van der Waals surface area (Å²) in [4.78, 5) is 10.5. The van der Waals surface area contributed by atoms with Crippen molar-refractivity contribution in [2.75, 3.05) is 18.6 Å². The highest BCUT2D eigenvalue weighted by Gasteiger charge is 2.20. The number of hydrazine groups is 1. The smallest absolute Gasteiger partial charge is 0.335 e. The van der Waals surface area contributed by atoms with E-state index in [-0.39, 0.29) is 30.3 Å². The van der Waals surface area contributed by atoms with Crippen LogP contribution in [0.5, 0.6) is 11.5 Å². The summed E-state index contributed by atoms with van der Waals surface area (Å²) >= 11 is 0. The Kier molecular flexibility index (Phi) is 4.94. The topological polar surface area (TPSA) is 99.7 Å². The lowest BCUT2D eigenvalue weighted by atomic mass is 10.2. The van der Waals surface area contributed by atoms with Gasteiger partial charge < -0.3 is 14.9 Å². The Morgan fingerprint density at radius 3 is 2.43 bits per heavy atom. The van der Waals surface area contributed by atoms with Crippen LogP contribution in [0, 0.1) is 10.1 Å². The minimum absolute atomic E-state index is 0.145. The van der Waals surface area contributed by atoms with E-state index in [9.17, 15) is 10.1 Å². The van der Waals surface area contributed by atoms with Crippen molar-refractivity contribution in [2.45, 2.75) is 0 Å². The van der Waals surface area contributed by atoms with E-state index in [1.165, 1.54) is 12.1 Å². The number of anilines is 1. The van der Waals surface area contributed by atoms with E-state index >= 15 is 0 Å². The molecule has 2 aromatic carbocycles. The molecule has 0 spiro atoms. The van der Waals surface area contributed by atoms with Crippen LogP contribution >= 0.6 is 0 Å². The van der Waals surface area contributed by atoms with Crippen LogP contribution in [0.15, 0.2) is 48.5 Å². The van der Waals surface area contributed by atoms with Crippen molar-refractivity contribution < 1.29 is 14.4 Å². The predicted molar refractivity (Wildman–Crippen MR) is 78.3 cm³/mol. The highest BCUT2D eigenvalue weighted by Crippen LogP contribution is 2.33. The first kappa shape index (κ1) is 14.6. The van der Waals surface area contributed by atoms with Crippen LogP contribution in [0.1, 0.15) is 0 Å². The van der Waals surface area contributed by atoms with Gasteiger partial charge in [0.1, 0.15) is 24.7 Å². The van der Waals surface area contributed by atoms with E-state index in [0.717, 1.165) is 0 Å². The van der Waals surface area contributed by atoms with Crippen LogP contribution in [-0.4, -0.2) is 18.1 Å². The SMILES string of the molecule is NNc1cccc(OCCOc2ccccc2)c1[N+](=O)[O-]. The molecule has 0 unspecified atom stereocenters. The molecule has 0 saturated carbocycles. The van der Waals surface area contributed by atoms with Crippen molar-refractivity contribution in [3.05, 3.63) is 58.6 Å². The van der Waals surface area contributed by atoms with Gasteiger partial charge in [0.15, 0.2) is 5.75 Å². The number of nitro groups is 1. The van der Waals surface area contributed by atoms with Gasteiger partial charge in [-0.05, 0) is 24.3 Å². The van der Waals surface area contributed by atoms with Gasteiger partial charge in [-0.25, -0.2) is 0 Å². The minimum Gasteiger partial charge on any atom is -0.490 e. The Balaban J connectivity index is 1.95. The fourth-order valence-electron chi connectivity index (χ4n) is 1.77. The quantitative estimate of drug-likeness (QED) is 0.351. The maximum atomic E-state index is 11.1. The third kappa shape index (κ3) is 3.83. The molecule has 0 fully saturated rings. The number of hydrogen-bond donors (Lipinski definition) is 2. The summed E-state index contributed by atoms with van der Waals surface area (Å²) in [6.07, 6.45) is 0. The number of benzene rings is 2. The van der Waals surface area contributed by atoms with Crippen molar-refractivity contribution in [1.82, 2.24) is 0 Å². The zero-order valence-corrected chi connectivity index (χ0v) is 11.2. The largest absolute Gasteiger partial charge is 0.490 e. The molecule has 0 aliphatic heterocycles. The number of nitrogens with two attached hydrogens (primary N) is 1. The first-order valence-corrected chi connectivity index (χ1v) is 6.27. The normalized spacial score (nSPS) is 9.95. The maximum Gasteiger partial charge on any atom is 0.335 e. The van der Waals surface area contributed by atoms with Crippen LogP contribution in [0.3, 0.4) is 0 Å². The molecule has 0 amide bonds. The first-order valence-electron chi connectivity index (χ1n) is 6.27. The lowest BCUT2D eigenvalue weighted by Crippen LogP contribution is -2.12. The van der Waals surface area contributed by atoms with Crippen molar-refractivity contribution in [3.63, 3.8) is 0 Å². The molecular formula is C14H15N3O4. The minimum atomic E-state index is -0.539. The van der Waals surface area contributed by atoms with Crippen molar-refractivity contribution >= 4 is 11.4 Å². The van der Waals surface area contributed by atoms with Gasteiger partial charge in [0.2, 0.25) is 0 Å². The number of para-hydroxylation sites is 2. The summed E-state index contributed by atoms with van der Waals surface area (Å²) in [5.41, 5.74) is 2.28. The average molecular weight is 289 g/mol. The summed E-state index contributed by atoms with van der Waals surface area (Å²) in [5.74, 6) is 6.11. The highest BCUT2D eigenvalue weighted by molar-refractivity contribution is 5.67. The molecule has 7 heteroatoms. The van der Waals surface area contributed by atoms with Gasteiger partial charge >= 0.3 is 5.69 Å². The monoisotopic (exact) mass is 289 g/mol. The second kappa shape index (κ2) is 7.11. The number of nitro benzene ring substituents is 1. The number of nitrogens with one attached hydrogen (secondary N) is 1. The van der Waals surface area contributed by atoms with E-state index in [0.29, 0.717) is 5.75 Å². The molecule has 0 saturated heterocycles. The summed E-state index contributed by atoms with van der Waals surface area (Å²) in [5, 5.41) is 11.1. The Labute approximate surface area is 121 Å². The third-order valence-electron chi connectivity index (χ3n) is 2.69. The second-order valence-electron chi connectivity index (χ2n) is 4.06. The molecule has 2 aromatic rings. The molecule has 0 radical (unpaired) electrons. The molecule has 21 heavy (non-hydrogen) atoms. The summed E-state index contributed by atoms with van der Waals surface area (Å²) in [6, 6.07) is 13.9. The maximum absolute atomic E-state index is 11.1. The van der Waals surface area contributed by atoms with Crippen molar-refractivity contribution in [1.29, 1.82) is 0 Å². The Morgan fingerprint density at radius 1 is 1.05 bits per heavy atom. The number of hydrogen-bond acceptors (Lipinski definition) is 6. The zero-order chi connectivity index (χ0) is 15.1. The van der Waals surface area contributed by atoms with Gasteiger partial charge in [-0.2, -0.15) is 0 Å². The van der Waals surface area contributed by atoms with Gasteiger partial charge in [-0.1, -0.05) is 24.3 Å². The van der Waals surface area contributed by atoms with Gasteiger partial charge in [-0.15, -0.1) is 0 Å². The molecule has 0 heterocycles. The van der Waals surface area contributed by atoms with Crippen LogP contribution in [-0.2, 0) is 0 Å². The van der Waals surface area contributed by atoms with Gasteiger partial charge in [0.25, 0.3) is 0 Å².